The van der Waals surface area contributed by atoms with Crippen LogP contribution in [0.3, 0.4) is 0 Å². The third-order valence-corrected chi connectivity index (χ3v) is 6.57. The number of carbonyl (C=O) groups is 1. The summed E-state index contributed by atoms with van der Waals surface area (Å²) in [7, 11) is 4.64. The lowest BCUT2D eigenvalue weighted by Gasteiger charge is -2.36. The Balaban J connectivity index is 1.88. The number of nitrogens with zero attached hydrogens (tertiary/aromatic N) is 2. The molecule has 0 spiro atoms. The third-order valence-electron chi connectivity index (χ3n) is 5.41. The minimum absolute atomic E-state index is 0.294. The summed E-state index contributed by atoms with van der Waals surface area (Å²) in [6, 6.07) is 5.51. The molecule has 0 fully saturated rings. The number of methoxy groups -OCH3 is 3. The summed E-state index contributed by atoms with van der Waals surface area (Å²) in [4.78, 5) is 21.1. The van der Waals surface area contributed by atoms with Crippen LogP contribution in [0.2, 0.25) is 0 Å². The second-order valence-electron chi connectivity index (χ2n) is 6.95. The molecule has 1 aromatic rings. The van der Waals surface area contributed by atoms with Crippen LogP contribution in [0.15, 0.2) is 45.1 Å². The first-order valence-corrected chi connectivity index (χ1v) is 10.2. The van der Waals surface area contributed by atoms with E-state index < -0.39 is 0 Å². The second kappa shape index (κ2) is 7.54. The fourth-order valence-corrected chi connectivity index (χ4v) is 5.36. The van der Waals surface area contributed by atoms with E-state index in [0.717, 1.165) is 30.0 Å². The van der Waals surface area contributed by atoms with Crippen LogP contribution >= 0.6 is 11.8 Å². The number of esters is 1. The molecule has 0 saturated carbocycles. The van der Waals surface area contributed by atoms with Crippen molar-refractivity contribution in [3.8, 4) is 11.5 Å². The van der Waals surface area contributed by atoms with E-state index in [1.807, 2.05) is 25.1 Å². The predicted octanol–water partition coefficient (Wildman–Crippen LogP) is 4.40. The van der Waals surface area contributed by atoms with Gasteiger partial charge in [-0.1, -0.05) is 17.8 Å². The number of aliphatic imine (C=N–C) groups is 1. The zero-order valence-electron chi connectivity index (χ0n) is 16.6. The summed E-state index contributed by atoms with van der Waals surface area (Å²) in [6.45, 7) is 1.88. The smallest absolute Gasteiger partial charge is 0.338 e. The van der Waals surface area contributed by atoms with Crippen LogP contribution in [0.25, 0.3) is 0 Å². The van der Waals surface area contributed by atoms with E-state index in [9.17, 15) is 4.79 Å². The van der Waals surface area contributed by atoms with E-state index in [2.05, 4.69) is 4.90 Å². The fourth-order valence-electron chi connectivity index (χ4n) is 4.08. The highest BCUT2D eigenvalue weighted by Crippen LogP contribution is 2.51. The van der Waals surface area contributed by atoms with Crippen molar-refractivity contribution in [1.29, 1.82) is 0 Å². The van der Waals surface area contributed by atoms with Gasteiger partial charge in [-0.25, -0.2) is 9.79 Å². The number of carbonyl (C=O) groups excluding carboxylic acids is 1. The molecule has 7 heteroatoms. The highest BCUT2D eigenvalue weighted by molar-refractivity contribution is 8.17. The normalized spacial score (nSPS) is 21.2. The Hall–Kier alpha value is -2.41. The van der Waals surface area contributed by atoms with E-state index in [-0.39, 0.29) is 12.0 Å². The third kappa shape index (κ3) is 2.98. The number of rotatable bonds is 4. The standard InChI is InChI=1S/C21H24N2O4S/c1-12-18(20(24)27-4)19(13-9-10-15(25-2)16(11-13)26-3)23-14-7-5-6-8-17(14)28-21(23)22-12/h9-11,19H,5-8H2,1-4H3. The molecule has 1 aliphatic carbocycles. The van der Waals surface area contributed by atoms with Crippen LogP contribution < -0.4 is 9.47 Å². The van der Waals surface area contributed by atoms with E-state index in [1.165, 1.54) is 24.1 Å². The first-order chi connectivity index (χ1) is 13.6. The van der Waals surface area contributed by atoms with E-state index in [4.69, 9.17) is 19.2 Å². The molecule has 1 unspecified atom stereocenters. The Labute approximate surface area is 169 Å². The molecule has 4 rings (SSSR count). The van der Waals surface area contributed by atoms with Gasteiger partial charge in [0.05, 0.1) is 38.6 Å². The molecule has 28 heavy (non-hydrogen) atoms. The average Bonchev–Trinajstić information content (AvgIpc) is 3.09. The fraction of sp³-hybridized carbons (Fsp3) is 0.429. The molecule has 0 amide bonds. The molecular formula is C21H24N2O4S. The zero-order chi connectivity index (χ0) is 19.8. The maximum absolute atomic E-state index is 12.7. The zero-order valence-corrected chi connectivity index (χ0v) is 17.4. The topological polar surface area (TPSA) is 60.4 Å². The molecule has 0 bridgehead atoms. The number of amidine groups is 1. The predicted molar refractivity (Wildman–Crippen MR) is 109 cm³/mol. The van der Waals surface area contributed by atoms with Gasteiger partial charge in [0.1, 0.15) is 0 Å². The first-order valence-electron chi connectivity index (χ1n) is 9.37. The summed E-state index contributed by atoms with van der Waals surface area (Å²) < 4.78 is 16.0. The molecule has 6 nitrogen and oxygen atoms in total. The Morgan fingerprint density at radius 3 is 2.61 bits per heavy atom. The van der Waals surface area contributed by atoms with Crippen molar-refractivity contribution in [2.24, 2.45) is 4.99 Å². The maximum atomic E-state index is 12.7. The SMILES string of the molecule is COC(=O)C1=C(C)N=C2SC3=C(CCCC3)N2C1c1ccc(OC)c(OC)c1. The average molecular weight is 401 g/mol. The van der Waals surface area contributed by atoms with Crippen molar-refractivity contribution in [2.75, 3.05) is 21.3 Å². The molecule has 1 atom stereocenters. The molecule has 0 aromatic heterocycles. The van der Waals surface area contributed by atoms with Gasteiger partial charge in [0.15, 0.2) is 16.7 Å². The number of thioether (sulfide) groups is 1. The number of benzene rings is 1. The summed E-state index contributed by atoms with van der Waals surface area (Å²) in [5.41, 5.74) is 3.50. The number of hydrogen-bond acceptors (Lipinski definition) is 7. The van der Waals surface area contributed by atoms with Crippen molar-refractivity contribution in [3.63, 3.8) is 0 Å². The highest BCUT2D eigenvalue weighted by Gasteiger charge is 2.43. The molecule has 1 aromatic carbocycles. The molecule has 0 radical (unpaired) electrons. The molecule has 3 aliphatic rings. The first kappa shape index (κ1) is 18.9. The lowest BCUT2D eigenvalue weighted by Crippen LogP contribution is -2.36. The van der Waals surface area contributed by atoms with Crippen molar-refractivity contribution in [1.82, 2.24) is 4.90 Å². The van der Waals surface area contributed by atoms with Crippen molar-refractivity contribution < 1.29 is 19.0 Å². The van der Waals surface area contributed by atoms with E-state index >= 15 is 0 Å². The minimum atomic E-state index is -0.352. The van der Waals surface area contributed by atoms with Crippen molar-refractivity contribution in [3.05, 3.63) is 45.6 Å². The number of hydrogen-bond donors (Lipinski definition) is 0. The van der Waals surface area contributed by atoms with Crippen LogP contribution in [0.1, 0.15) is 44.2 Å². The summed E-state index contributed by atoms with van der Waals surface area (Å²) in [5, 5.41) is 0.942. The van der Waals surface area contributed by atoms with Gasteiger partial charge >= 0.3 is 5.97 Å². The van der Waals surface area contributed by atoms with Crippen LogP contribution in [-0.2, 0) is 9.53 Å². The van der Waals surface area contributed by atoms with Gasteiger partial charge in [-0.2, -0.15) is 0 Å². The van der Waals surface area contributed by atoms with Crippen molar-refractivity contribution in [2.45, 2.75) is 38.6 Å². The molecule has 2 aliphatic heterocycles. The summed E-state index contributed by atoms with van der Waals surface area (Å²) in [5.74, 6) is 0.940. The lowest BCUT2D eigenvalue weighted by molar-refractivity contribution is -0.136. The van der Waals surface area contributed by atoms with Gasteiger partial charge in [-0.05, 0) is 50.3 Å². The second-order valence-corrected chi connectivity index (χ2v) is 8.01. The number of fused-ring (bicyclic) bond motifs is 2. The highest BCUT2D eigenvalue weighted by atomic mass is 32.2. The Kier molecular flexibility index (Phi) is 5.10. The Bertz CT molecular complexity index is 919. The van der Waals surface area contributed by atoms with Gasteiger partial charge in [-0.3, -0.25) is 0 Å². The van der Waals surface area contributed by atoms with Gasteiger partial charge in [0.25, 0.3) is 0 Å². The molecule has 2 heterocycles. The molecule has 148 valence electrons. The molecule has 0 saturated heterocycles. The van der Waals surface area contributed by atoms with Crippen LogP contribution in [0.4, 0.5) is 0 Å². The number of allylic oxidation sites excluding steroid dienone is 3. The van der Waals surface area contributed by atoms with Crippen molar-refractivity contribution >= 4 is 22.9 Å². The monoisotopic (exact) mass is 400 g/mol. The van der Waals surface area contributed by atoms with Gasteiger partial charge in [0, 0.05) is 10.6 Å². The van der Waals surface area contributed by atoms with Gasteiger partial charge in [0.2, 0.25) is 0 Å². The summed E-state index contributed by atoms with van der Waals surface area (Å²) in [6.07, 6.45) is 4.42. The molecule has 0 N–H and O–H groups in total. The van der Waals surface area contributed by atoms with Crippen LogP contribution in [-0.4, -0.2) is 37.4 Å². The lowest BCUT2D eigenvalue weighted by atomic mass is 9.92. The van der Waals surface area contributed by atoms with Crippen LogP contribution in [0, 0.1) is 0 Å². The van der Waals surface area contributed by atoms with E-state index in [1.54, 1.807) is 26.0 Å². The summed E-state index contributed by atoms with van der Waals surface area (Å²) >= 11 is 1.73. The Morgan fingerprint density at radius 2 is 1.89 bits per heavy atom. The van der Waals surface area contributed by atoms with Gasteiger partial charge < -0.3 is 19.1 Å². The van der Waals surface area contributed by atoms with E-state index in [0.29, 0.717) is 22.8 Å². The minimum Gasteiger partial charge on any atom is -0.493 e. The molecular weight excluding hydrogens is 376 g/mol. The largest absolute Gasteiger partial charge is 0.493 e. The Morgan fingerprint density at radius 1 is 1.14 bits per heavy atom. The van der Waals surface area contributed by atoms with Crippen LogP contribution in [0.5, 0.6) is 11.5 Å². The maximum Gasteiger partial charge on any atom is 0.338 e. The van der Waals surface area contributed by atoms with Gasteiger partial charge in [-0.15, -0.1) is 0 Å². The number of ether oxygens (including phenoxy) is 3. The quantitative estimate of drug-likeness (QED) is 0.699.